The van der Waals surface area contributed by atoms with Crippen molar-refractivity contribution in [2.75, 3.05) is 19.7 Å². The van der Waals surface area contributed by atoms with Crippen molar-refractivity contribution in [3.63, 3.8) is 0 Å². The standard InChI is InChI=1S/C17H19N3O4/c1-12-18-14(9-15(21)19-12)16(22)20-8-7-17(23,10-20)11-24-13-5-3-2-4-6-13/h2-6,9,23H,7-8,10-11H2,1H3,(H,18,19,21)/t17-/m0/s1. The summed E-state index contributed by atoms with van der Waals surface area (Å²) in [6.07, 6.45) is 0.410. The fourth-order valence-corrected chi connectivity index (χ4v) is 2.73. The van der Waals surface area contributed by atoms with Crippen molar-refractivity contribution in [1.29, 1.82) is 0 Å². The number of β-amino-alcohol motifs (C(OH)–C–C–N with tert-alkyl or cyclic N) is 1. The van der Waals surface area contributed by atoms with Gasteiger partial charge in [-0.1, -0.05) is 18.2 Å². The molecule has 1 aromatic heterocycles. The number of nitrogens with one attached hydrogen (secondary N) is 1. The number of ether oxygens (including phenoxy) is 1. The van der Waals surface area contributed by atoms with Crippen LogP contribution in [0.2, 0.25) is 0 Å². The van der Waals surface area contributed by atoms with E-state index in [0.717, 1.165) is 0 Å². The van der Waals surface area contributed by atoms with Gasteiger partial charge in [-0.2, -0.15) is 0 Å². The third-order valence-electron chi connectivity index (χ3n) is 3.95. The average molecular weight is 329 g/mol. The Balaban J connectivity index is 1.65. The number of amides is 1. The molecule has 24 heavy (non-hydrogen) atoms. The number of hydrogen-bond donors (Lipinski definition) is 2. The molecule has 0 saturated carbocycles. The summed E-state index contributed by atoms with van der Waals surface area (Å²) >= 11 is 0. The Morgan fingerprint density at radius 2 is 2.17 bits per heavy atom. The van der Waals surface area contributed by atoms with Gasteiger partial charge >= 0.3 is 0 Å². The molecule has 1 amide bonds. The molecule has 126 valence electrons. The number of aryl methyl sites for hydroxylation is 1. The van der Waals surface area contributed by atoms with Crippen LogP contribution in [0.25, 0.3) is 0 Å². The Labute approximate surface area is 138 Å². The smallest absolute Gasteiger partial charge is 0.272 e. The van der Waals surface area contributed by atoms with E-state index in [4.69, 9.17) is 4.74 Å². The number of rotatable bonds is 4. The molecule has 1 aliphatic rings. The van der Waals surface area contributed by atoms with Crippen molar-refractivity contribution in [3.8, 4) is 5.75 Å². The minimum Gasteiger partial charge on any atom is -0.491 e. The second-order valence-corrected chi connectivity index (χ2v) is 6.02. The van der Waals surface area contributed by atoms with Gasteiger partial charge in [0.25, 0.3) is 11.5 Å². The summed E-state index contributed by atoms with van der Waals surface area (Å²) in [6, 6.07) is 10.4. The van der Waals surface area contributed by atoms with Crippen LogP contribution in [0, 0.1) is 6.92 Å². The molecule has 7 nitrogen and oxygen atoms in total. The van der Waals surface area contributed by atoms with E-state index in [1.165, 1.54) is 11.0 Å². The molecule has 3 rings (SSSR count). The molecule has 0 radical (unpaired) electrons. The van der Waals surface area contributed by atoms with E-state index in [-0.39, 0.29) is 30.3 Å². The lowest BCUT2D eigenvalue weighted by Crippen LogP contribution is -2.41. The number of aromatic nitrogens is 2. The molecule has 2 N–H and O–H groups in total. The summed E-state index contributed by atoms with van der Waals surface area (Å²) in [5.74, 6) is 0.690. The highest BCUT2D eigenvalue weighted by Gasteiger charge is 2.39. The molecule has 1 atom stereocenters. The third kappa shape index (κ3) is 3.62. The Kier molecular flexibility index (Phi) is 4.35. The maximum atomic E-state index is 12.5. The highest BCUT2D eigenvalue weighted by molar-refractivity contribution is 5.92. The molecule has 2 aromatic rings. The molecule has 2 heterocycles. The monoisotopic (exact) mass is 329 g/mol. The zero-order valence-electron chi connectivity index (χ0n) is 13.4. The summed E-state index contributed by atoms with van der Waals surface area (Å²) in [6.45, 7) is 2.25. The van der Waals surface area contributed by atoms with Gasteiger partial charge in [0.05, 0.1) is 6.54 Å². The molecule has 7 heteroatoms. The number of benzene rings is 1. The van der Waals surface area contributed by atoms with Gasteiger partial charge in [0, 0.05) is 12.6 Å². The van der Waals surface area contributed by atoms with Crippen molar-refractivity contribution in [2.24, 2.45) is 0 Å². The number of hydrogen-bond acceptors (Lipinski definition) is 5. The maximum Gasteiger partial charge on any atom is 0.272 e. The van der Waals surface area contributed by atoms with E-state index in [0.29, 0.717) is 24.5 Å². The first-order chi connectivity index (χ1) is 11.5. The Morgan fingerprint density at radius 1 is 1.42 bits per heavy atom. The molecule has 1 saturated heterocycles. The van der Waals surface area contributed by atoms with Crippen LogP contribution in [0.4, 0.5) is 0 Å². The second-order valence-electron chi connectivity index (χ2n) is 6.02. The number of H-pyrrole nitrogens is 1. The van der Waals surface area contributed by atoms with Gasteiger partial charge in [0.2, 0.25) is 0 Å². The third-order valence-corrected chi connectivity index (χ3v) is 3.95. The van der Waals surface area contributed by atoms with Crippen LogP contribution in [0.1, 0.15) is 22.7 Å². The van der Waals surface area contributed by atoms with Gasteiger partial charge in [0.15, 0.2) is 0 Å². The second kappa shape index (κ2) is 6.45. The van der Waals surface area contributed by atoms with Crippen molar-refractivity contribution < 1.29 is 14.6 Å². The lowest BCUT2D eigenvalue weighted by molar-refractivity contribution is 0.00425. The summed E-state index contributed by atoms with van der Waals surface area (Å²) in [4.78, 5) is 32.0. The van der Waals surface area contributed by atoms with Crippen LogP contribution in [0.3, 0.4) is 0 Å². The Bertz CT molecular complexity index is 790. The van der Waals surface area contributed by atoms with Crippen LogP contribution in [0.5, 0.6) is 5.75 Å². The Hall–Kier alpha value is -2.67. The minimum atomic E-state index is -1.11. The van der Waals surface area contributed by atoms with Gasteiger partial charge in [-0.15, -0.1) is 0 Å². The zero-order valence-corrected chi connectivity index (χ0v) is 13.4. The maximum absolute atomic E-state index is 12.5. The first kappa shape index (κ1) is 16.2. The van der Waals surface area contributed by atoms with E-state index in [1.807, 2.05) is 30.3 Å². The molecule has 0 bridgehead atoms. The van der Waals surface area contributed by atoms with Crippen LogP contribution < -0.4 is 10.3 Å². The predicted octanol–water partition coefficient (Wildman–Crippen LogP) is 0.734. The molecule has 1 fully saturated rings. The predicted molar refractivity (Wildman–Crippen MR) is 87.0 cm³/mol. The molecule has 0 spiro atoms. The molecule has 0 aliphatic carbocycles. The van der Waals surface area contributed by atoms with Gasteiger partial charge in [-0.3, -0.25) is 9.59 Å². The number of carbonyl (C=O) groups excluding carboxylic acids is 1. The molecule has 1 aliphatic heterocycles. The lowest BCUT2D eigenvalue weighted by atomic mass is 10.1. The van der Waals surface area contributed by atoms with E-state index in [2.05, 4.69) is 9.97 Å². The van der Waals surface area contributed by atoms with Crippen molar-refractivity contribution in [3.05, 3.63) is 58.3 Å². The molecular weight excluding hydrogens is 310 g/mol. The van der Waals surface area contributed by atoms with Crippen molar-refractivity contribution in [1.82, 2.24) is 14.9 Å². The van der Waals surface area contributed by atoms with Crippen LogP contribution >= 0.6 is 0 Å². The van der Waals surface area contributed by atoms with Crippen molar-refractivity contribution in [2.45, 2.75) is 18.9 Å². The molecule has 0 unspecified atom stereocenters. The zero-order chi connectivity index (χ0) is 17.2. The largest absolute Gasteiger partial charge is 0.491 e. The molecule has 1 aromatic carbocycles. The number of carbonyl (C=O) groups is 1. The average Bonchev–Trinajstić information content (AvgIpc) is 2.95. The van der Waals surface area contributed by atoms with E-state index in [9.17, 15) is 14.7 Å². The van der Waals surface area contributed by atoms with Crippen LogP contribution in [0.15, 0.2) is 41.2 Å². The number of nitrogens with zero attached hydrogens (tertiary/aromatic N) is 2. The SMILES string of the molecule is Cc1nc(C(=O)N2CC[C@@](O)(COc3ccccc3)C2)cc(=O)[nH]1. The summed E-state index contributed by atoms with van der Waals surface area (Å²) in [7, 11) is 0. The quantitative estimate of drug-likeness (QED) is 0.862. The Morgan fingerprint density at radius 3 is 2.88 bits per heavy atom. The number of aliphatic hydroxyl groups is 1. The van der Waals surface area contributed by atoms with E-state index >= 15 is 0 Å². The highest BCUT2D eigenvalue weighted by atomic mass is 16.5. The van der Waals surface area contributed by atoms with Gasteiger partial charge in [-0.25, -0.2) is 4.98 Å². The summed E-state index contributed by atoms with van der Waals surface area (Å²) < 4.78 is 5.61. The van der Waals surface area contributed by atoms with Crippen LogP contribution in [-0.2, 0) is 0 Å². The first-order valence-corrected chi connectivity index (χ1v) is 7.73. The lowest BCUT2D eigenvalue weighted by Gasteiger charge is -2.23. The summed E-state index contributed by atoms with van der Waals surface area (Å²) in [5, 5.41) is 10.6. The highest BCUT2D eigenvalue weighted by Crippen LogP contribution is 2.24. The van der Waals surface area contributed by atoms with Gasteiger partial charge < -0.3 is 19.7 Å². The van der Waals surface area contributed by atoms with Crippen LogP contribution in [-0.4, -0.2) is 51.2 Å². The number of para-hydroxylation sites is 1. The van der Waals surface area contributed by atoms with E-state index < -0.39 is 5.60 Å². The van der Waals surface area contributed by atoms with E-state index in [1.54, 1.807) is 6.92 Å². The number of aromatic amines is 1. The summed E-state index contributed by atoms with van der Waals surface area (Å²) in [5.41, 5.74) is -1.39. The number of likely N-dealkylation sites (tertiary alicyclic amines) is 1. The topological polar surface area (TPSA) is 95.5 Å². The fraction of sp³-hybridized carbons (Fsp3) is 0.353. The minimum absolute atomic E-state index is 0.0875. The molecular formula is C17H19N3O4. The fourth-order valence-electron chi connectivity index (χ4n) is 2.73. The normalized spacial score (nSPS) is 20.2. The van der Waals surface area contributed by atoms with Gasteiger partial charge in [-0.05, 0) is 25.5 Å². The van der Waals surface area contributed by atoms with Gasteiger partial charge in [0.1, 0.15) is 29.5 Å². The first-order valence-electron chi connectivity index (χ1n) is 7.73. The van der Waals surface area contributed by atoms with Crippen molar-refractivity contribution >= 4 is 5.91 Å².